The van der Waals surface area contributed by atoms with E-state index >= 15 is 0 Å². The summed E-state index contributed by atoms with van der Waals surface area (Å²) >= 11 is 5.52. The second-order valence-corrected chi connectivity index (χ2v) is 7.90. The first kappa shape index (κ1) is 16.5. The van der Waals surface area contributed by atoms with Crippen LogP contribution in [0.25, 0.3) is 5.69 Å². The van der Waals surface area contributed by atoms with Gasteiger partial charge in [0.05, 0.1) is 15.0 Å². The van der Waals surface area contributed by atoms with Crippen molar-refractivity contribution in [3.05, 3.63) is 43.2 Å². The maximum atomic E-state index is 11.4. The highest BCUT2D eigenvalue weighted by atomic mass is 127. The highest BCUT2D eigenvalue weighted by molar-refractivity contribution is 14.1. The quantitative estimate of drug-likeness (QED) is 0.666. The molecule has 4 nitrogen and oxygen atoms in total. The van der Waals surface area contributed by atoms with E-state index in [4.69, 9.17) is 0 Å². The van der Waals surface area contributed by atoms with Gasteiger partial charge in [0.2, 0.25) is 0 Å². The van der Waals surface area contributed by atoms with Crippen molar-refractivity contribution >= 4 is 44.5 Å². The van der Waals surface area contributed by atoms with Crippen LogP contribution in [0.3, 0.4) is 0 Å². The highest BCUT2D eigenvalue weighted by Gasteiger charge is 2.29. The van der Waals surface area contributed by atoms with Crippen molar-refractivity contribution < 1.29 is 9.90 Å². The number of carboxylic acids is 1. The van der Waals surface area contributed by atoms with Gasteiger partial charge in [-0.25, -0.2) is 9.48 Å². The van der Waals surface area contributed by atoms with Crippen LogP contribution in [0.15, 0.2) is 22.7 Å². The molecule has 2 rings (SSSR count). The lowest BCUT2D eigenvalue weighted by atomic mass is 9.91. The summed E-state index contributed by atoms with van der Waals surface area (Å²) in [5.74, 6) is -1.00. The van der Waals surface area contributed by atoms with Crippen molar-refractivity contribution in [1.29, 1.82) is 0 Å². The maximum Gasteiger partial charge on any atom is 0.357 e. The van der Waals surface area contributed by atoms with Gasteiger partial charge in [-0.15, -0.1) is 0 Å². The van der Waals surface area contributed by atoms with E-state index in [2.05, 4.69) is 64.4 Å². The summed E-state index contributed by atoms with van der Waals surface area (Å²) in [6, 6.07) is 5.88. The molecule has 0 saturated heterocycles. The molecule has 0 spiro atoms. The molecule has 112 valence electrons. The molecule has 0 saturated carbocycles. The largest absolute Gasteiger partial charge is 0.476 e. The molecule has 1 aromatic carbocycles. The number of halogens is 2. The Morgan fingerprint density at radius 3 is 2.48 bits per heavy atom. The Morgan fingerprint density at radius 2 is 2.00 bits per heavy atom. The van der Waals surface area contributed by atoms with E-state index in [1.165, 1.54) is 0 Å². The summed E-state index contributed by atoms with van der Waals surface area (Å²) in [6.45, 7) is 8.16. The lowest BCUT2D eigenvalue weighted by Crippen LogP contribution is -2.19. The average Bonchev–Trinajstić information content (AvgIpc) is 2.66. The van der Waals surface area contributed by atoms with Crippen molar-refractivity contribution in [2.45, 2.75) is 33.1 Å². The molecule has 1 aromatic heterocycles. The molecule has 0 unspecified atom stereocenters. The molecule has 0 amide bonds. The lowest BCUT2D eigenvalue weighted by Gasteiger charge is -2.22. The average molecular weight is 463 g/mol. The Hall–Kier alpha value is -0.890. The fourth-order valence-corrected chi connectivity index (χ4v) is 4.07. The van der Waals surface area contributed by atoms with Gasteiger partial charge in [0.1, 0.15) is 0 Å². The molecule has 21 heavy (non-hydrogen) atoms. The van der Waals surface area contributed by atoms with Crippen LogP contribution >= 0.6 is 38.5 Å². The zero-order chi connectivity index (χ0) is 15.9. The van der Waals surface area contributed by atoms with Gasteiger partial charge in [-0.1, -0.05) is 36.7 Å². The van der Waals surface area contributed by atoms with Crippen molar-refractivity contribution in [1.82, 2.24) is 9.78 Å². The van der Waals surface area contributed by atoms with Crippen molar-refractivity contribution in [2.24, 2.45) is 0 Å². The Labute approximate surface area is 145 Å². The van der Waals surface area contributed by atoms with Crippen molar-refractivity contribution in [3.8, 4) is 5.69 Å². The number of aromatic carboxylic acids is 1. The van der Waals surface area contributed by atoms with Gasteiger partial charge in [-0.3, -0.25) is 0 Å². The number of rotatable bonds is 2. The number of carbonyl (C=O) groups is 1. The smallest absolute Gasteiger partial charge is 0.357 e. The van der Waals surface area contributed by atoms with Gasteiger partial charge in [0, 0.05) is 9.89 Å². The van der Waals surface area contributed by atoms with E-state index in [0.29, 0.717) is 3.57 Å². The van der Waals surface area contributed by atoms with E-state index in [9.17, 15) is 9.90 Å². The van der Waals surface area contributed by atoms with E-state index in [-0.39, 0.29) is 11.1 Å². The Morgan fingerprint density at radius 1 is 1.38 bits per heavy atom. The minimum Gasteiger partial charge on any atom is -0.476 e. The normalized spacial score (nSPS) is 11.7. The van der Waals surface area contributed by atoms with Crippen LogP contribution in [0.2, 0.25) is 0 Å². The summed E-state index contributed by atoms with van der Waals surface area (Å²) in [6.07, 6.45) is 0. The molecule has 6 heteroatoms. The number of aryl methyl sites for hydroxylation is 1. The second kappa shape index (κ2) is 5.72. The summed E-state index contributed by atoms with van der Waals surface area (Å²) in [4.78, 5) is 11.4. The minimum absolute atomic E-state index is 0.0999. The molecule has 1 heterocycles. The van der Waals surface area contributed by atoms with Gasteiger partial charge in [0.15, 0.2) is 5.69 Å². The first-order chi connectivity index (χ1) is 9.62. The first-order valence-corrected chi connectivity index (χ1v) is 8.29. The van der Waals surface area contributed by atoms with Crippen LogP contribution in [-0.2, 0) is 5.41 Å². The van der Waals surface area contributed by atoms with Gasteiger partial charge >= 0.3 is 5.97 Å². The molecule has 2 aromatic rings. The number of aromatic nitrogens is 2. The second-order valence-electron chi connectivity index (χ2n) is 5.91. The van der Waals surface area contributed by atoms with Crippen LogP contribution in [-0.4, -0.2) is 20.9 Å². The summed E-state index contributed by atoms with van der Waals surface area (Å²) in [5.41, 5.74) is 2.73. The standard InChI is InChI=1S/C15H16BrIN2O2/c1-8-7-9(16)5-6-10(8)19-13(15(2,3)4)11(17)12(18-19)14(20)21/h5-7H,1-4H3,(H,20,21). The fourth-order valence-electron chi connectivity index (χ4n) is 2.21. The minimum atomic E-state index is -1.00. The Bertz CT molecular complexity index is 717. The topological polar surface area (TPSA) is 55.1 Å². The van der Waals surface area contributed by atoms with E-state index in [0.717, 1.165) is 21.4 Å². The number of hydrogen-bond donors (Lipinski definition) is 1. The predicted molar refractivity (Wildman–Crippen MR) is 94.4 cm³/mol. The Kier molecular flexibility index (Phi) is 4.49. The monoisotopic (exact) mass is 462 g/mol. The van der Waals surface area contributed by atoms with Crippen LogP contribution in [0.4, 0.5) is 0 Å². The van der Waals surface area contributed by atoms with Gasteiger partial charge in [-0.2, -0.15) is 5.10 Å². The molecule has 1 N–H and O–H groups in total. The van der Waals surface area contributed by atoms with Gasteiger partial charge in [-0.05, 0) is 53.3 Å². The maximum absolute atomic E-state index is 11.4. The lowest BCUT2D eigenvalue weighted by molar-refractivity contribution is 0.0689. The zero-order valence-electron chi connectivity index (χ0n) is 12.2. The van der Waals surface area contributed by atoms with Crippen LogP contribution in [0, 0.1) is 10.5 Å². The summed E-state index contributed by atoms with van der Waals surface area (Å²) in [7, 11) is 0. The van der Waals surface area contributed by atoms with Crippen molar-refractivity contribution in [3.63, 3.8) is 0 Å². The molecule has 0 bridgehead atoms. The third kappa shape index (κ3) is 3.15. The summed E-state index contributed by atoms with van der Waals surface area (Å²) < 4.78 is 3.43. The van der Waals surface area contributed by atoms with E-state index < -0.39 is 5.97 Å². The van der Waals surface area contributed by atoms with Gasteiger partial charge in [0.25, 0.3) is 0 Å². The summed E-state index contributed by atoms with van der Waals surface area (Å²) in [5, 5.41) is 13.7. The number of benzene rings is 1. The zero-order valence-corrected chi connectivity index (χ0v) is 16.0. The number of hydrogen-bond acceptors (Lipinski definition) is 2. The molecule has 0 radical (unpaired) electrons. The third-order valence-electron chi connectivity index (χ3n) is 3.13. The fraction of sp³-hybridized carbons (Fsp3) is 0.333. The van der Waals surface area contributed by atoms with Gasteiger partial charge < -0.3 is 5.11 Å². The molecular weight excluding hydrogens is 447 g/mol. The molecule has 0 fully saturated rings. The van der Waals surface area contributed by atoms with Crippen molar-refractivity contribution in [2.75, 3.05) is 0 Å². The first-order valence-electron chi connectivity index (χ1n) is 6.41. The number of nitrogens with zero attached hydrogens (tertiary/aromatic N) is 2. The van der Waals surface area contributed by atoms with Crippen LogP contribution < -0.4 is 0 Å². The third-order valence-corrected chi connectivity index (χ3v) is 4.64. The van der Waals surface area contributed by atoms with E-state index in [1.54, 1.807) is 4.68 Å². The molecule has 0 atom stereocenters. The SMILES string of the molecule is Cc1cc(Br)ccc1-n1nc(C(=O)O)c(I)c1C(C)(C)C. The predicted octanol–water partition coefficient (Wildman–Crippen LogP) is 4.54. The molecule has 0 aliphatic heterocycles. The molecular formula is C15H16BrIN2O2. The van der Waals surface area contributed by atoms with E-state index in [1.807, 2.05) is 25.1 Å². The highest BCUT2D eigenvalue weighted by Crippen LogP contribution is 2.32. The van der Waals surface area contributed by atoms with Crippen LogP contribution in [0.1, 0.15) is 42.5 Å². The number of carboxylic acid groups (broad SMARTS) is 1. The molecule has 0 aliphatic rings. The molecule has 0 aliphatic carbocycles. The van der Waals surface area contributed by atoms with Crippen LogP contribution in [0.5, 0.6) is 0 Å². The Balaban J connectivity index is 2.79.